The standard InChI is InChI=1S/C16H26N4O2/c1-5-17-11-20-10-14(7-9-16(21)19-22)6-8-15(20)18-13(4)12(2)3/h6-10,12-13,17,22H,5,11H2,1-4H3,(H,19,21)/b9-7+,18-15?. The van der Waals surface area contributed by atoms with Gasteiger partial charge in [-0.2, -0.15) is 0 Å². The Kier molecular flexibility index (Phi) is 7.56. The fourth-order valence-electron chi connectivity index (χ4n) is 1.70. The third kappa shape index (κ3) is 5.83. The number of hydroxylamine groups is 1. The number of amides is 1. The molecule has 22 heavy (non-hydrogen) atoms. The van der Waals surface area contributed by atoms with Crippen LogP contribution in [0.4, 0.5) is 0 Å². The Morgan fingerprint density at radius 2 is 2.14 bits per heavy atom. The molecule has 1 aromatic rings. The zero-order chi connectivity index (χ0) is 16.5. The number of aromatic nitrogens is 1. The number of pyridine rings is 1. The van der Waals surface area contributed by atoms with Crippen LogP contribution in [0.15, 0.2) is 29.4 Å². The average Bonchev–Trinajstić information content (AvgIpc) is 2.51. The average molecular weight is 306 g/mol. The van der Waals surface area contributed by atoms with Crippen molar-refractivity contribution in [1.82, 2.24) is 15.4 Å². The summed E-state index contributed by atoms with van der Waals surface area (Å²) >= 11 is 0. The lowest BCUT2D eigenvalue weighted by Gasteiger charge is -2.13. The fourth-order valence-corrected chi connectivity index (χ4v) is 1.70. The predicted octanol–water partition coefficient (Wildman–Crippen LogP) is 1.52. The molecule has 0 radical (unpaired) electrons. The molecule has 1 rings (SSSR count). The molecule has 0 aliphatic heterocycles. The predicted molar refractivity (Wildman–Crippen MR) is 86.9 cm³/mol. The lowest BCUT2D eigenvalue weighted by molar-refractivity contribution is -0.124. The molecule has 6 nitrogen and oxygen atoms in total. The second kappa shape index (κ2) is 9.17. The highest BCUT2D eigenvalue weighted by atomic mass is 16.5. The Labute approximate surface area is 131 Å². The second-order valence-electron chi connectivity index (χ2n) is 5.48. The summed E-state index contributed by atoms with van der Waals surface area (Å²) in [6.07, 6.45) is 4.85. The van der Waals surface area contributed by atoms with Crippen LogP contribution >= 0.6 is 0 Å². The van der Waals surface area contributed by atoms with Gasteiger partial charge in [-0.25, -0.2) is 5.48 Å². The molecule has 0 bridgehead atoms. The third-order valence-electron chi connectivity index (χ3n) is 3.39. The van der Waals surface area contributed by atoms with Crippen molar-refractivity contribution in [2.24, 2.45) is 10.9 Å². The molecule has 1 atom stereocenters. The normalized spacial score (nSPS) is 13.8. The summed E-state index contributed by atoms with van der Waals surface area (Å²) in [5, 5.41) is 11.8. The maximum absolute atomic E-state index is 11.0. The molecule has 0 spiro atoms. The quantitative estimate of drug-likeness (QED) is 0.406. The van der Waals surface area contributed by atoms with E-state index in [9.17, 15) is 4.79 Å². The van der Waals surface area contributed by atoms with Crippen molar-refractivity contribution in [3.63, 3.8) is 0 Å². The van der Waals surface area contributed by atoms with E-state index in [2.05, 4.69) is 26.1 Å². The summed E-state index contributed by atoms with van der Waals surface area (Å²) in [6.45, 7) is 9.94. The molecule has 0 fully saturated rings. The Morgan fingerprint density at radius 3 is 2.73 bits per heavy atom. The number of carbonyl (C=O) groups excluding carboxylic acids is 1. The maximum atomic E-state index is 11.0. The Hall–Kier alpha value is -1.92. The van der Waals surface area contributed by atoms with Gasteiger partial charge in [0.15, 0.2) is 0 Å². The van der Waals surface area contributed by atoms with Gasteiger partial charge in [0.2, 0.25) is 0 Å². The summed E-state index contributed by atoms with van der Waals surface area (Å²) in [6, 6.07) is 4.07. The van der Waals surface area contributed by atoms with Crippen LogP contribution in [0.5, 0.6) is 0 Å². The van der Waals surface area contributed by atoms with Gasteiger partial charge in [-0.3, -0.25) is 20.3 Å². The highest BCUT2D eigenvalue weighted by Gasteiger charge is 2.05. The molecular formula is C16H26N4O2. The van der Waals surface area contributed by atoms with Gasteiger partial charge < -0.3 is 4.57 Å². The van der Waals surface area contributed by atoms with Crippen molar-refractivity contribution < 1.29 is 10.0 Å². The van der Waals surface area contributed by atoms with E-state index in [4.69, 9.17) is 10.2 Å². The molecule has 0 aromatic carbocycles. The van der Waals surface area contributed by atoms with Gasteiger partial charge >= 0.3 is 0 Å². The minimum absolute atomic E-state index is 0.231. The van der Waals surface area contributed by atoms with Crippen LogP contribution in [0.2, 0.25) is 0 Å². The number of carbonyl (C=O) groups is 1. The van der Waals surface area contributed by atoms with E-state index in [1.54, 1.807) is 11.6 Å². The van der Waals surface area contributed by atoms with Gasteiger partial charge in [-0.1, -0.05) is 20.8 Å². The van der Waals surface area contributed by atoms with Crippen molar-refractivity contribution in [3.05, 3.63) is 35.5 Å². The molecule has 6 heteroatoms. The highest BCUT2D eigenvalue weighted by Crippen LogP contribution is 2.04. The summed E-state index contributed by atoms with van der Waals surface area (Å²) in [4.78, 5) is 15.8. The minimum atomic E-state index is -0.555. The number of nitrogens with one attached hydrogen (secondary N) is 2. The lowest BCUT2D eigenvalue weighted by atomic mass is 10.1. The molecule has 1 amide bonds. The van der Waals surface area contributed by atoms with Crippen LogP contribution in [0.25, 0.3) is 6.08 Å². The van der Waals surface area contributed by atoms with Gasteiger partial charge in [0, 0.05) is 12.3 Å². The zero-order valence-electron chi connectivity index (χ0n) is 13.7. The second-order valence-corrected chi connectivity index (χ2v) is 5.48. The summed E-state index contributed by atoms with van der Waals surface area (Å²) in [5.41, 5.74) is 3.32. The Bertz CT molecular complexity index is 576. The van der Waals surface area contributed by atoms with Crippen LogP contribution in [0.3, 0.4) is 0 Å². The van der Waals surface area contributed by atoms with E-state index in [1.807, 2.05) is 29.8 Å². The molecule has 0 saturated heterocycles. The van der Waals surface area contributed by atoms with Gasteiger partial charge in [-0.05, 0) is 43.2 Å². The van der Waals surface area contributed by atoms with Crippen LogP contribution in [-0.2, 0) is 11.5 Å². The fraction of sp³-hybridized carbons (Fsp3) is 0.500. The van der Waals surface area contributed by atoms with Crippen molar-refractivity contribution in [2.75, 3.05) is 6.54 Å². The molecule has 122 valence electrons. The number of nitrogens with zero attached hydrogens (tertiary/aromatic N) is 2. The summed E-state index contributed by atoms with van der Waals surface area (Å²) < 4.78 is 2.01. The minimum Gasteiger partial charge on any atom is -0.319 e. The number of rotatable bonds is 7. The largest absolute Gasteiger partial charge is 0.319 e. The van der Waals surface area contributed by atoms with Crippen molar-refractivity contribution in [2.45, 2.75) is 40.4 Å². The van der Waals surface area contributed by atoms with E-state index in [0.29, 0.717) is 12.6 Å². The molecule has 0 aliphatic rings. The molecule has 1 heterocycles. The number of hydrogen-bond acceptors (Lipinski definition) is 4. The molecule has 1 unspecified atom stereocenters. The van der Waals surface area contributed by atoms with Crippen molar-refractivity contribution in [1.29, 1.82) is 0 Å². The van der Waals surface area contributed by atoms with E-state index in [1.165, 1.54) is 6.08 Å². The summed E-state index contributed by atoms with van der Waals surface area (Å²) in [5.74, 6) is -0.0826. The maximum Gasteiger partial charge on any atom is 0.267 e. The lowest BCUT2D eigenvalue weighted by Crippen LogP contribution is -2.30. The Morgan fingerprint density at radius 1 is 1.41 bits per heavy atom. The molecule has 0 aliphatic carbocycles. The summed E-state index contributed by atoms with van der Waals surface area (Å²) in [7, 11) is 0. The van der Waals surface area contributed by atoms with Gasteiger partial charge in [-0.15, -0.1) is 0 Å². The smallest absolute Gasteiger partial charge is 0.267 e. The molecule has 1 aromatic heterocycles. The first-order valence-corrected chi connectivity index (χ1v) is 7.55. The van der Waals surface area contributed by atoms with E-state index < -0.39 is 5.91 Å². The van der Waals surface area contributed by atoms with Crippen LogP contribution < -0.4 is 16.3 Å². The monoisotopic (exact) mass is 306 g/mol. The van der Waals surface area contributed by atoms with Gasteiger partial charge in [0.1, 0.15) is 5.49 Å². The van der Waals surface area contributed by atoms with Crippen LogP contribution in [-0.4, -0.2) is 28.3 Å². The third-order valence-corrected chi connectivity index (χ3v) is 3.39. The van der Waals surface area contributed by atoms with Crippen LogP contribution in [0, 0.1) is 5.92 Å². The van der Waals surface area contributed by atoms with E-state index in [-0.39, 0.29) is 6.04 Å². The topological polar surface area (TPSA) is 78.7 Å². The van der Waals surface area contributed by atoms with E-state index >= 15 is 0 Å². The first kappa shape index (κ1) is 18.1. The Balaban J connectivity index is 3.12. The molecule has 3 N–H and O–H groups in total. The van der Waals surface area contributed by atoms with Gasteiger partial charge in [0.05, 0.1) is 12.7 Å². The first-order chi connectivity index (χ1) is 10.5. The molecular weight excluding hydrogens is 280 g/mol. The van der Waals surface area contributed by atoms with E-state index in [0.717, 1.165) is 17.6 Å². The highest BCUT2D eigenvalue weighted by molar-refractivity contribution is 5.90. The van der Waals surface area contributed by atoms with Crippen molar-refractivity contribution >= 4 is 12.0 Å². The number of hydrogen-bond donors (Lipinski definition) is 3. The SMILES string of the molecule is CCNCn1cc(/C=C/C(=O)NO)ccc1=NC(C)C(C)C. The van der Waals surface area contributed by atoms with Crippen LogP contribution in [0.1, 0.15) is 33.3 Å². The van der Waals surface area contributed by atoms with Crippen molar-refractivity contribution in [3.8, 4) is 0 Å². The molecule has 0 saturated carbocycles. The first-order valence-electron chi connectivity index (χ1n) is 7.55. The van der Waals surface area contributed by atoms with Gasteiger partial charge in [0.25, 0.3) is 5.91 Å². The zero-order valence-corrected chi connectivity index (χ0v) is 13.7.